The number of aromatic hydroxyl groups is 1. The number of aromatic amines is 1. The molecule has 0 saturated carbocycles. The van der Waals surface area contributed by atoms with Crippen LogP contribution in [0.4, 0.5) is 10.2 Å². The van der Waals surface area contributed by atoms with E-state index >= 15 is 0 Å². The number of nitrogens with two attached hydrogens (primary N) is 1. The normalized spacial score (nSPS) is 11.1. The number of nitrogens with one attached hydrogen (secondary N) is 1. The van der Waals surface area contributed by atoms with Crippen LogP contribution in [-0.2, 0) is 0 Å². The van der Waals surface area contributed by atoms with Crippen LogP contribution in [-0.4, -0.2) is 25.7 Å². The second kappa shape index (κ2) is 8.35. The summed E-state index contributed by atoms with van der Waals surface area (Å²) in [6, 6.07) is 16.3. The maximum absolute atomic E-state index is 13.9. The molecule has 170 valence electrons. The Bertz CT molecular complexity index is 1540. The van der Waals surface area contributed by atoms with E-state index < -0.39 is 5.82 Å². The summed E-state index contributed by atoms with van der Waals surface area (Å²) in [4.78, 5) is 16.2. The Labute approximate surface area is 201 Å². The maximum atomic E-state index is 13.9. The van der Waals surface area contributed by atoms with Gasteiger partial charge in [-0.15, -0.1) is 0 Å². The number of hydrogen-bond donors (Lipinski definition) is 3. The van der Waals surface area contributed by atoms with Crippen molar-refractivity contribution in [3.8, 4) is 22.9 Å². The first-order chi connectivity index (χ1) is 16.3. The molecule has 0 saturated heterocycles. The summed E-state index contributed by atoms with van der Waals surface area (Å²) in [6.07, 6.45) is 1.41. The molecule has 4 N–H and O–H groups in total. The number of rotatable bonds is 5. The average Bonchev–Trinajstić information content (AvgIpc) is 3.39. The van der Waals surface area contributed by atoms with Crippen LogP contribution in [0.2, 0.25) is 0 Å². The summed E-state index contributed by atoms with van der Waals surface area (Å²) in [5, 5.41) is 14.9. The number of aromatic nitrogens is 3. The SMILES string of the molecule is Cc1cc(-n2ncc(C(=O)c3cc4cc(O)c(Br)cc4[nH]3)c2N)ccc1Oc1ccccc1F. The molecule has 0 radical (unpaired) electrons. The molecule has 0 bridgehead atoms. The van der Waals surface area contributed by atoms with Crippen LogP contribution in [0.5, 0.6) is 17.2 Å². The van der Waals surface area contributed by atoms with E-state index in [9.17, 15) is 14.3 Å². The average molecular weight is 521 g/mol. The molecule has 3 aromatic carbocycles. The fraction of sp³-hybridized carbons (Fsp3) is 0.0400. The predicted molar refractivity (Wildman–Crippen MR) is 130 cm³/mol. The zero-order chi connectivity index (χ0) is 24.0. The van der Waals surface area contributed by atoms with Crippen LogP contribution in [0.3, 0.4) is 0 Å². The molecule has 0 spiro atoms. The number of carbonyl (C=O) groups is 1. The van der Waals surface area contributed by atoms with Gasteiger partial charge in [0.1, 0.15) is 17.3 Å². The van der Waals surface area contributed by atoms with Gasteiger partial charge in [-0.05, 0) is 76.9 Å². The van der Waals surface area contributed by atoms with Crippen molar-refractivity contribution >= 4 is 38.4 Å². The van der Waals surface area contributed by atoms with Gasteiger partial charge in [0.2, 0.25) is 5.78 Å². The lowest BCUT2D eigenvalue weighted by Crippen LogP contribution is -2.07. The highest BCUT2D eigenvalue weighted by Crippen LogP contribution is 2.32. The third-order valence-corrected chi connectivity index (χ3v) is 6.08. The number of H-pyrrole nitrogens is 1. The van der Waals surface area contributed by atoms with Gasteiger partial charge in [0.05, 0.1) is 27.6 Å². The summed E-state index contributed by atoms with van der Waals surface area (Å²) < 4.78 is 21.6. The van der Waals surface area contributed by atoms with Crippen LogP contribution >= 0.6 is 15.9 Å². The van der Waals surface area contributed by atoms with Crippen LogP contribution in [0.1, 0.15) is 21.6 Å². The van der Waals surface area contributed by atoms with Gasteiger partial charge < -0.3 is 20.6 Å². The Hall–Kier alpha value is -4.11. The Balaban J connectivity index is 1.44. The number of anilines is 1. The largest absolute Gasteiger partial charge is 0.507 e. The molecule has 0 amide bonds. The second-order valence-corrected chi connectivity index (χ2v) is 8.59. The number of phenolic OH excluding ortho intramolecular Hbond substituents is 1. The molecule has 5 rings (SSSR count). The Morgan fingerprint density at radius 2 is 1.94 bits per heavy atom. The third kappa shape index (κ3) is 3.80. The maximum Gasteiger partial charge on any atom is 0.214 e. The van der Waals surface area contributed by atoms with Crippen LogP contribution < -0.4 is 10.5 Å². The van der Waals surface area contributed by atoms with Crippen molar-refractivity contribution in [1.82, 2.24) is 14.8 Å². The monoisotopic (exact) mass is 520 g/mol. The predicted octanol–water partition coefficient (Wildman–Crippen LogP) is 5.87. The van der Waals surface area contributed by atoms with E-state index in [0.717, 1.165) is 5.56 Å². The van der Waals surface area contributed by atoms with E-state index in [1.54, 1.807) is 54.6 Å². The minimum absolute atomic E-state index is 0.0793. The van der Waals surface area contributed by atoms with Crippen molar-refractivity contribution in [1.29, 1.82) is 0 Å². The number of para-hydroxylation sites is 1. The molecule has 0 fully saturated rings. The van der Waals surface area contributed by atoms with Gasteiger partial charge >= 0.3 is 0 Å². The van der Waals surface area contributed by atoms with E-state index in [-0.39, 0.29) is 28.7 Å². The van der Waals surface area contributed by atoms with Gasteiger partial charge in [-0.3, -0.25) is 4.79 Å². The van der Waals surface area contributed by atoms with Crippen molar-refractivity contribution in [2.45, 2.75) is 6.92 Å². The number of halogens is 2. The van der Waals surface area contributed by atoms with Gasteiger partial charge in [0.25, 0.3) is 0 Å². The Morgan fingerprint density at radius 3 is 2.71 bits per heavy atom. The lowest BCUT2D eigenvalue weighted by Gasteiger charge is -2.12. The van der Waals surface area contributed by atoms with E-state index in [1.165, 1.54) is 16.9 Å². The van der Waals surface area contributed by atoms with Crippen LogP contribution in [0.25, 0.3) is 16.6 Å². The Kier molecular flexibility index (Phi) is 5.33. The van der Waals surface area contributed by atoms with E-state index in [0.29, 0.717) is 32.5 Å². The second-order valence-electron chi connectivity index (χ2n) is 7.74. The number of phenols is 1. The lowest BCUT2D eigenvalue weighted by atomic mass is 10.1. The summed E-state index contributed by atoms with van der Waals surface area (Å²) in [6.45, 7) is 1.82. The molecule has 2 aromatic heterocycles. The van der Waals surface area contributed by atoms with Crippen molar-refractivity contribution in [3.05, 3.63) is 94.0 Å². The molecular formula is C25H18BrFN4O3. The smallest absolute Gasteiger partial charge is 0.214 e. The van der Waals surface area contributed by atoms with Crippen molar-refractivity contribution < 1.29 is 19.0 Å². The topological polar surface area (TPSA) is 106 Å². The van der Waals surface area contributed by atoms with Gasteiger partial charge in [0, 0.05) is 10.9 Å². The van der Waals surface area contributed by atoms with Gasteiger partial charge in [-0.25, -0.2) is 9.07 Å². The Morgan fingerprint density at radius 1 is 1.15 bits per heavy atom. The molecule has 0 unspecified atom stereocenters. The number of nitrogen functional groups attached to an aromatic ring is 1. The molecule has 9 heteroatoms. The third-order valence-electron chi connectivity index (χ3n) is 5.44. The molecule has 0 atom stereocenters. The minimum Gasteiger partial charge on any atom is -0.507 e. The van der Waals surface area contributed by atoms with E-state index in [4.69, 9.17) is 10.5 Å². The number of fused-ring (bicyclic) bond motifs is 1. The van der Waals surface area contributed by atoms with Crippen LogP contribution in [0, 0.1) is 12.7 Å². The minimum atomic E-state index is -0.454. The zero-order valence-corrected chi connectivity index (χ0v) is 19.4. The van der Waals surface area contributed by atoms with E-state index in [2.05, 4.69) is 26.0 Å². The van der Waals surface area contributed by atoms with Gasteiger partial charge in [0.15, 0.2) is 11.6 Å². The fourth-order valence-corrected chi connectivity index (χ4v) is 4.02. The summed E-state index contributed by atoms with van der Waals surface area (Å²) in [5.41, 5.74) is 8.90. The molecular weight excluding hydrogens is 503 g/mol. The first-order valence-electron chi connectivity index (χ1n) is 10.2. The number of nitrogens with zero attached hydrogens (tertiary/aromatic N) is 2. The van der Waals surface area contributed by atoms with Crippen molar-refractivity contribution in [2.75, 3.05) is 5.73 Å². The quantitative estimate of drug-likeness (QED) is 0.251. The number of ether oxygens (including phenoxy) is 1. The number of ketones is 1. The van der Waals surface area contributed by atoms with Crippen LogP contribution in [0.15, 0.2) is 71.3 Å². The summed E-state index contributed by atoms with van der Waals surface area (Å²) in [5.74, 6) is 0.0918. The zero-order valence-electron chi connectivity index (χ0n) is 17.8. The van der Waals surface area contributed by atoms with Gasteiger partial charge in [-0.1, -0.05) is 12.1 Å². The van der Waals surface area contributed by atoms with Gasteiger partial charge in [-0.2, -0.15) is 5.10 Å². The standard InChI is InChI=1S/C25H18BrFN4O3/c1-13-8-15(6-7-22(13)34-23-5-3-2-4-18(23)27)31-25(28)16(12-29-31)24(33)20-9-14-10-21(32)17(26)11-19(14)30-20/h2-12,30,32H,28H2,1H3. The fourth-order valence-electron chi connectivity index (χ4n) is 3.67. The van der Waals surface area contributed by atoms with Crippen molar-refractivity contribution in [3.63, 3.8) is 0 Å². The first kappa shape index (κ1) is 21.7. The summed E-state index contributed by atoms with van der Waals surface area (Å²) in [7, 11) is 0. The number of benzene rings is 3. The lowest BCUT2D eigenvalue weighted by molar-refractivity contribution is 0.103. The number of aryl methyl sites for hydroxylation is 1. The van der Waals surface area contributed by atoms with E-state index in [1.807, 2.05) is 6.92 Å². The summed E-state index contributed by atoms with van der Waals surface area (Å²) >= 11 is 3.27. The molecule has 0 aliphatic rings. The molecule has 7 nitrogen and oxygen atoms in total. The molecule has 2 heterocycles. The first-order valence-corrected chi connectivity index (χ1v) is 11.0. The molecule has 0 aliphatic carbocycles. The number of hydrogen-bond acceptors (Lipinski definition) is 5. The van der Waals surface area contributed by atoms with Crippen molar-refractivity contribution in [2.24, 2.45) is 0 Å². The highest BCUT2D eigenvalue weighted by molar-refractivity contribution is 9.10. The molecule has 34 heavy (non-hydrogen) atoms. The molecule has 0 aliphatic heterocycles. The number of carbonyl (C=O) groups excluding carboxylic acids is 1. The molecule has 5 aromatic rings. The highest BCUT2D eigenvalue weighted by Gasteiger charge is 2.20. The highest BCUT2D eigenvalue weighted by atomic mass is 79.9.